The minimum atomic E-state index is -2.75. The van der Waals surface area contributed by atoms with Crippen molar-refractivity contribution in [1.82, 2.24) is 20.1 Å². The largest absolute Gasteiger partial charge is 0.348 e. The summed E-state index contributed by atoms with van der Waals surface area (Å²) in [6, 6.07) is 5.08. The number of aromatic nitrogens is 3. The Morgan fingerprint density at radius 1 is 1.18 bits per heavy atom. The summed E-state index contributed by atoms with van der Waals surface area (Å²) in [4.78, 5) is 30.3. The van der Waals surface area contributed by atoms with Crippen LogP contribution in [0.3, 0.4) is 0 Å². The highest BCUT2D eigenvalue weighted by Crippen LogP contribution is 2.33. The van der Waals surface area contributed by atoms with Crippen molar-refractivity contribution in [3.05, 3.63) is 62.3 Å². The summed E-state index contributed by atoms with van der Waals surface area (Å²) in [6.07, 6.45) is -0.515. The van der Waals surface area contributed by atoms with Gasteiger partial charge in [0.05, 0.1) is 5.52 Å². The van der Waals surface area contributed by atoms with E-state index < -0.39 is 34.8 Å². The maximum Gasteiger partial charge on any atom is 0.276 e. The maximum atomic E-state index is 14.7. The average Bonchev–Trinajstić information content (AvgIpc) is 2.79. The highest BCUT2D eigenvalue weighted by atomic mass is 35.5. The van der Waals surface area contributed by atoms with Gasteiger partial charge >= 0.3 is 0 Å². The number of halogens is 4. The van der Waals surface area contributed by atoms with Gasteiger partial charge in [-0.15, -0.1) is 0 Å². The molecule has 3 aromatic rings. The molecule has 0 aliphatic heterocycles. The van der Waals surface area contributed by atoms with E-state index in [1.165, 1.54) is 12.1 Å². The molecule has 4 rings (SSSR count). The van der Waals surface area contributed by atoms with Crippen LogP contribution in [0, 0.1) is 19.7 Å². The van der Waals surface area contributed by atoms with Crippen molar-refractivity contribution in [3.63, 3.8) is 0 Å². The zero-order valence-electron chi connectivity index (χ0n) is 19.4. The summed E-state index contributed by atoms with van der Waals surface area (Å²) in [6.45, 7) is 7.50. The second-order valence-corrected chi connectivity index (χ2v) is 8.48. The van der Waals surface area contributed by atoms with Crippen molar-refractivity contribution in [1.29, 1.82) is 0 Å². The number of alkyl halides is 2. The molecule has 1 fully saturated rings. The Hall–Kier alpha value is -2.94. The standard InChI is InChI=1S/C22H20ClF3N4O2.C2H6/c1-11-9-17-18(27-12(11)2)20(31)19(21(32)28-14-5-7-22(25,26)8-6-14)29-30(17)16-4-3-13(23)10-15(16)24;1-2/h3-4,9-10,14H,5-8H2,1-2H3,(H,28,32);1-2H3. The van der Waals surface area contributed by atoms with Gasteiger partial charge in [-0.2, -0.15) is 5.10 Å². The number of fused-ring (bicyclic) bond motifs is 1. The lowest BCUT2D eigenvalue weighted by atomic mass is 9.92. The number of carbonyl (C=O) groups excluding carboxylic acids is 1. The summed E-state index contributed by atoms with van der Waals surface area (Å²) in [5, 5.41) is 6.94. The highest BCUT2D eigenvalue weighted by molar-refractivity contribution is 6.30. The molecule has 1 N–H and O–H groups in total. The molecule has 0 radical (unpaired) electrons. The van der Waals surface area contributed by atoms with Gasteiger partial charge in [-0.1, -0.05) is 25.4 Å². The quantitative estimate of drug-likeness (QED) is 0.520. The van der Waals surface area contributed by atoms with Crippen LogP contribution in [0.15, 0.2) is 29.1 Å². The summed E-state index contributed by atoms with van der Waals surface area (Å²) in [7, 11) is 0. The van der Waals surface area contributed by atoms with E-state index in [9.17, 15) is 22.8 Å². The SMILES string of the molecule is CC.Cc1cc2c(nc1C)c(=O)c(C(=O)NC1CCC(F)(F)CC1)nn2-c1ccc(Cl)cc1F. The van der Waals surface area contributed by atoms with Gasteiger partial charge in [0.2, 0.25) is 11.4 Å². The van der Waals surface area contributed by atoms with Crippen LogP contribution >= 0.6 is 11.6 Å². The Labute approximate surface area is 200 Å². The first-order valence-electron chi connectivity index (χ1n) is 11.1. The molecule has 0 unspecified atom stereocenters. The molecule has 0 saturated heterocycles. The van der Waals surface area contributed by atoms with E-state index in [2.05, 4.69) is 15.4 Å². The minimum absolute atomic E-state index is 0.0178. The Morgan fingerprint density at radius 3 is 2.44 bits per heavy atom. The van der Waals surface area contributed by atoms with Crippen molar-refractivity contribution in [2.75, 3.05) is 0 Å². The highest BCUT2D eigenvalue weighted by Gasteiger charge is 2.36. The molecule has 1 saturated carbocycles. The number of rotatable bonds is 3. The zero-order chi connectivity index (χ0) is 25.2. The number of benzene rings is 1. The van der Waals surface area contributed by atoms with Crippen LogP contribution in [0.25, 0.3) is 16.7 Å². The summed E-state index contributed by atoms with van der Waals surface area (Å²) in [5.74, 6) is -4.26. The summed E-state index contributed by atoms with van der Waals surface area (Å²) < 4.78 is 42.7. The van der Waals surface area contributed by atoms with E-state index in [-0.39, 0.29) is 47.4 Å². The Balaban J connectivity index is 0.00000158. The van der Waals surface area contributed by atoms with E-state index in [1.54, 1.807) is 19.9 Å². The third-order valence-electron chi connectivity index (χ3n) is 5.71. The van der Waals surface area contributed by atoms with Crippen LogP contribution in [-0.4, -0.2) is 32.6 Å². The monoisotopic (exact) mass is 494 g/mol. The normalized spacial score (nSPS) is 15.5. The van der Waals surface area contributed by atoms with Crippen LogP contribution < -0.4 is 10.7 Å². The fourth-order valence-electron chi connectivity index (χ4n) is 3.75. The summed E-state index contributed by atoms with van der Waals surface area (Å²) >= 11 is 5.85. The smallest absolute Gasteiger partial charge is 0.276 e. The number of nitrogens with zero attached hydrogens (tertiary/aromatic N) is 3. The van der Waals surface area contributed by atoms with Gasteiger partial charge in [-0.05, 0) is 56.5 Å². The van der Waals surface area contributed by atoms with Gasteiger partial charge in [-0.3, -0.25) is 9.59 Å². The fraction of sp³-hybridized carbons (Fsp3) is 0.417. The van der Waals surface area contributed by atoms with Gasteiger partial charge < -0.3 is 5.32 Å². The molecule has 2 aromatic heterocycles. The molecule has 0 bridgehead atoms. The molecule has 1 aliphatic carbocycles. The molecule has 1 aromatic carbocycles. The van der Waals surface area contributed by atoms with Gasteiger partial charge in [0.1, 0.15) is 17.0 Å². The first-order valence-corrected chi connectivity index (χ1v) is 11.5. The fourth-order valence-corrected chi connectivity index (χ4v) is 3.91. The van der Waals surface area contributed by atoms with Crippen LogP contribution in [0.1, 0.15) is 61.3 Å². The number of amides is 1. The van der Waals surface area contributed by atoms with Crippen LogP contribution in [-0.2, 0) is 0 Å². The Morgan fingerprint density at radius 2 is 1.82 bits per heavy atom. The van der Waals surface area contributed by atoms with Crippen molar-refractivity contribution < 1.29 is 18.0 Å². The third-order valence-corrected chi connectivity index (χ3v) is 5.94. The maximum absolute atomic E-state index is 14.7. The van der Waals surface area contributed by atoms with Crippen LogP contribution in [0.2, 0.25) is 5.02 Å². The molecule has 1 amide bonds. The number of hydrogen-bond donors (Lipinski definition) is 1. The first kappa shape index (κ1) is 25.7. The molecule has 34 heavy (non-hydrogen) atoms. The first-order chi connectivity index (χ1) is 16.1. The predicted octanol–water partition coefficient (Wildman–Crippen LogP) is 5.52. The molecule has 2 heterocycles. The second-order valence-electron chi connectivity index (χ2n) is 8.05. The molecule has 0 spiro atoms. The van der Waals surface area contributed by atoms with Crippen molar-refractivity contribution >= 4 is 28.5 Å². The number of carbonyl (C=O) groups is 1. The van der Waals surface area contributed by atoms with Crippen molar-refractivity contribution in [2.24, 2.45) is 0 Å². The molecular weight excluding hydrogens is 469 g/mol. The molecule has 182 valence electrons. The zero-order valence-corrected chi connectivity index (χ0v) is 20.1. The van der Waals surface area contributed by atoms with Crippen molar-refractivity contribution in [3.8, 4) is 5.69 Å². The van der Waals surface area contributed by atoms with Crippen LogP contribution in [0.5, 0.6) is 0 Å². The number of aryl methyl sites for hydroxylation is 2. The van der Waals surface area contributed by atoms with E-state index in [0.29, 0.717) is 5.69 Å². The average molecular weight is 495 g/mol. The molecule has 10 heteroatoms. The predicted molar refractivity (Wildman–Crippen MR) is 126 cm³/mol. The van der Waals surface area contributed by atoms with Crippen LogP contribution in [0.4, 0.5) is 13.2 Å². The van der Waals surface area contributed by atoms with E-state index in [1.807, 2.05) is 13.8 Å². The van der Waals surface area contributed by atoms with Gasteiger partial charge in [0, 0.05) is 29.6 Å². The van der Waals surface area contributed by atoms with E-state index >= 15 is 0 Å². The lowest BCUT2D eigenvalue weighted by Crippen LogP contribution is -2.42. The second kappa shape index (κ2) is 10.1. The number of pyridine rings is 1. The number of hydrogen-bond acceptors (Lipinski definition) is 4. The molecule has 1 aliphatic rings. The van der Waals surface area contributed by atoms with Crippen molar-refractivity contribution in [2.45, 2.75) is 65.3 Å². The number of nitrogens with one attached hydrogen (secondary N) is 1. The van der Waals surface area contributed by atoms with Gasteiger partial charge in [0.25, 0.3) is 5.91 Å². The third kappa shape index (κ3) is 5.24. The molecular formula is C24H26ClF3N4O2. The molecule has 0 atom stereocenters. The Kier molecular flexibility index (Phi) is 7.65. The lowest BCUT2D eigenvalue weighted by Gasteiger charge is -2.28. The Bertz CT molecular complexity index is 1280. The van der Waals surface area contributed by atoms with Gasteiger partial charge in [-0.25, -0.2) is 22.8 Å². The van der Waals surface area contributed by atoms with E-state index in [0.717, 1.165) is 16.3 Å². The topological polar surface area (TPSA) is 76.9 Å². The minimum Gasteiger partial charge on any atom is -0.348 e. The van der Waals surface area contributed by atoms with Gasteiger partial charge in [0.15, 0.2) is 5.69 Å². The lowest BCUT2D eigenvalue weighted by molar-refractivity contribution is -0.0399. The van der Waals surface area contributed by atoms with E-state index in [4.69, 9.17) is 11.6 Å². The molecule has 6 nitrogen and oxygen atoms in total. The summed E-state index contributed by atoms with van der Waals surface area (Å²) in [5.41, 5.74) is 0.293.